The van der Waals surface area contributed by atoms with E-state index in [9.17, 15) is 9.59 Å². The maximum atomic E-state index is 9.81. The van der Waals surface area contributed by atoms with Crippen LogP contribution in [-0.2, 0) is 9.59 Å². The first kappa shape index (κ1) is 12.2. The molecule has 0 aromatic carbocycles. The first-order chi connectivity index (χ1) is 6.31. The zero-order chi connectivity index (χ0) is 9.94. The molecule has 0 heterocycles. The molecule has 5 heteroatoms. The van der Waals surface area contributed by atoms with E-state index in [1.807, 2.05) is 0 Å². The molecular weight excluding hydrogens is 236 g/mol. The van der Waals surface area contributed by atoms with Crippen molar-refractivity contribution in [2.75, 3.05) is 6.54 Å². The van der Waals surface area contributed by atoms with Crippen LogP contribution in [0.25, 0.3) is 0 Å². The molecule has 0 bridgehead atoms. The minimum Gasteiger partial charge on any atom is -0.211 e. The highest BCUT2D eigenvalue weighted by Gasteiger charge is 1.99. The van der Waals surface area contributed by atoms with Crippen LogP contribution in [0.4, 0.5) is 0 Å². The number of halogens is 1. The van der Waals surface area contributed by atoms with Crippen molar-refractivity contribution in [3.05, 3.63) is 0 Å². The van der Waals surface area contributed by atoms with Crippen LogP contribution in [0.5, 0.6) is 0 Å². The molecule has 0 saturated carbocycles. The third-order valence-electron chi connectivity index (χ3n) is 1.47. The van der Waals surface area contributed by atoms with Gasteiger partial charge < -0.3 is 0 Å². The molecule has 0 saturated heterocycles. The summed E-state index contributed by atoms with van der Waals surface area (Å²) >= 11 is 3.21. The van der Waals surface area contributed by atoms with Crippen LogP contribution >= 0.6 is 15.9 Å². The van der Waals surface area contributed by atoms with Crippen molar-refractivity contribution >= 4 is 28.1 Å². The Balaban J connectivity index is 3.24. The normalized spacial score (nSPS) is 11.2. The second kappa shape index (κ2) is 9.33. The predicted octanol–water partition coefficient (Wildman–Crippen LogP) is 1.94. The van der Waals surface area contributed by atoms with Gasteiger partial charge in [-0.15, -0.1) is 0 Å². The van der Waals surface area contributed by atoms with Crippen LogP contribution < -0.4 is 0 Å². The summed E-state index contributed by atoms with van der Waals surface area (Å²) < 4.78 is 0. The number of hydrogen-bond acceptors (Lipinski definition) is 4. The van der Waals surface area contributed by atoms with Crippen molar-refractivity contribution in [3.8, 4) is 0 Å². The fourth-order valence-electron chi connectivity index (χ4n) is 0.848. The van der Waals surface area contributed by atoms with E-state index in [2.05, 4.69) is 25.9 Å². The number of carbonyl (C=O) groups excluding carboxylic acids is 2. The van der Waals surface area contributed by atoms with Gasteiger partial charge in [-0.3, -0.25) is 0 Å². The molecule has 0 aliphatic rings. The molecule has 0 N–H and O–H groups in total. The van der Waals surface area contributed by atoms with Gasteiger partial charge in [0.25, 0.3) is 0 Å². The molecule has 0 spiro atoms. The largest absolute Gasteiger partial charge is 0.236 e. The van der Waals surface area contributed by atoms with Crippen LogP contribution in [0.1, 0.15) is 25.7 Å². The van der Waals surface area contributed by atoms with E-state index in [1.54, 1.807) is 0 Å². The van der Waals surface area contributed by atoms with Crippen molar-refractivity contribution in [1.82, 2.24) is 0 Å². The Morgan fingerprint density at radius 2 is 1.92 bits per heavy atom. The fourth-order valence-corrected chi connectivity index (χ4v) is 1.26. The van der Waals surface area contributed by atoms with Gasteiger partial charge in [-0.1, -0.05) is 28.8 Å². The molecular formula is C8H11BrN2O2. The van der Waals surface area contributed by atoms with Crippen LogP contribution in [0, 0.1) is 0 Å². The summed E-state index contributed by atoms with van der Waals surface area (Å²) in [5.74, 6) is 0. The van der Waals surface area contributed by atoms with Crippen molar-refractivity contribution < 1.29 is 9.59 Å². The molecule has 0 aromatic heterocycles. The summed E-state index contributed by atoms with van der Waals surface area (Å²) in [6.45, 7) is 0.535. The van der Waals surface area contributed by atoms with Gasteiger partial charge >= 0.3 is 0 Å². The van der Waals surface area contributed by atoms with E-state index < -0.39 is 0 Å². The zero-order valence-corrected chi connectivity index (χ0v) is 8.79. The second-order valence-corrected chi connectivity index (χ2v) is 3.53. The lowest BCUT2D eigenvalue weighted by molar-refractivity contribution is 0.557. The van der Waals surface area contributed by atoms with Gasteiger partial charge in [0.2, 0.25) is 12.2 Å². The average Bonchev–Trinajstić information content (AvgIpc) is 2.11. The van der Waals surface area contributed by atoms with E-state index in [0.717, 1.165) is 25.7 Å². The first-order valence-electron chi connectivity index (χ1n) is 4.06. The Hall–Kier alpha value is -0.760. The summed E-state index contributed by atoms with van der Waals surface area (Å²) in [5, 5.41) is 0. The van der Waals surface area contributed by atoms with Gasteiger partial charge in [0.1, 0.15) is 4.95 Å². The Labute approximate surface area is 85.3 Å². The third kappa shape index (κ3) is 9.15. The number of alkyl halides is 1. The number of nitrogens with zero attached hydrogens (tertiary/aromatic N) is 2. The maximum absolute atomic E-state index is 9.81. The van der Waals surface area contributed by atoms with E-state index in [4.69, 9.17) is 0 Å². The van der Waals surface area contributed by atoms with Gasteiger partial charge in [-0.05, 0) is 12.8 Å². The van der Waals surface area contributed by atoms with Crippen molar-refractivity contribution in [2.45, 2.75) is 30.6 Å². The molecule has 13 heavy (non-hydrogen) atoms. The minimum atomic E-state index is -0.125. The predicted molar refractivity (Wildman–Crippen MR) is 52.3 cm³/mol. The lowest BCUT2D eigenvalue weighted by atomic mass is 10.2. The first-order valence-corrected chi connectivity index (χ1v) is 4.97. The molecule has 0 amide bonds. The van der Waals surface area contributed by atoms with Gasteiger partial charge in [-0.2, -0.15) is 4.99 Å². The Kier molecular flexibility index (Phi) is 8.78. The van der Waals surface area contributed by atoms with E-state index >= 15 is 0 Å². The summed E-state index contributed by atoms with van der Waals surface area (Å²) in [6, 6.07) is 0. The SMILES string of the molecule is O=C=NCCCCCC(Br)N=C=O. The number of unbranched alkanes of at least 4 members (excludes halogenated alkanes) is 2. The molecule has 1 unspecified atom stereocenters. The quantitative estimate of drug-likeness (QED) is 0.227. The minimum absolute atomic E-state index is 0.125. The third-order valence-corrected chi connectivity index (χ3v) is 2.13. The zero-order valence-electron chi connectivity index (χ0n) is 7.20. The molecule has 1 atom stereocenters. The molecule has 72 valence electrons. The molecule has 0 rings (SSSR count). The average molecular weight is 247 g/mol. The number of rotatable bonds is 7. The topological polar surface area (TPSA) is 58.9 Å². The maximum Gasteiger partial charge on any atom is 0.236 e. The van der Waals surface area contributed by atoms with Crippen LogP contribution in [-0.4, -0.2) is 23.7 Å². The number of hydrogen-bond donors (Lipinski definition) is 0. The van der Waals surface area contributed by atoms with Crippen molar-refractivity contribution in [3.63, 3.8) is 0 Å². The van der Waals surface area contributed by atoms with E-state index in [0.29, 0.717) is 6.54 Å². The summed E-state index contributed by atoms with van der Waals surface area (Å²) in [4.78, 5) is 26.3. The second-order valence-electron chi connectivity index (χ2n) is 2.48. The Morgan fingerprint density at radius 3 is 2.54 bits per heavy atom. The number of aliphatic imine (C=N–C) groups is 2. The highest BCUT2D eigenvalue weighted by Crippen LogP contribution is 2.11. The molecule has 0 fully saturated rings. The van der Waals surface area contributed by atoms with Crippen LogP contribution in [0.2, 0.25) is 0 Å². The molecule has 4 nitrogen and oxygen atoms in total. The van der Waals surface area contributed by atoms with Crippen molar-refractivity contribution in [1.29, 1.82) is 0 Å². The standard InChI is InChI=1S/C8H11BrN2O2/c9-8(11-7-13)4-2-1-3-5-10-6-12/h8H,1-5H2. The molecule has 0 aliphatic heterocycles. The molecule has 0 aliphatic carbocycles. The molecule has 0 aromatic rings. The molecule has 0 radical (unpaired) electrons. The fraction of sp³-hybridized carbons (Fsp3) is 0.750. The lowest BCUT2D eigenvalue weighted by Gasteiger charge is -2.00. The van der Waals surface area contributed by atoms with Crippen molar-refractivity contribution in [2.24, 2.45) is 9.98 Å². The van der Waals surface area contributed by atoms with E-state index in [1.165, 1.54) is 12.2 Å². The smallest absolute Gasteiger partial charge is 0.211 e. The van der Waals surface area contributed by atoms with E-state index in [-0.39, 0.29) is 4.95 Å². The van der Waals surface area contributed by atoms with Gasteiger partial charge in [0.05, 0.1) is 6.54 Å². The highest BCUT2D eigenvalue weighted by molar-refractivity contribution is 9.09. The Bertz CT molecular complexity index is 220. The highest BCUT2D eigenvalue weighted by atomic mass is 79.9. The van der Waals surface area contributed by atoms with Gasteiger partial charge in [0.15, 0.2) is 0 Å². The summed E-state index contributed by atoms with van der Waals surface area (Å²) in [7, 11) is 0. The van der Waals surface area contributed by atoms with Crippen LogP contribution in [0.3, 0.4) is 0 Å². The number of isocyanates is 2. The summed E-state index contributed by atoms with van der Waals surface area (Å²) in [6.07, 6.45) is 6.58. The Morgan fingerprint density at radius 1 is 1.15 bits per heavy atom. The monoisotopic (exact) mass is 246 g/mol. The van der Waals surface area contributed by atoms with Gasteiger partial charge in [-0.25, -0.2) is 14.6 Å². The van der Waals surface area contributed by atoms with Crippen LogP contribution in [0.15, 0.2) is 9.98 Å². The van der Waals surface area contributed by atoms with Gasteiger partial charge in [0, 0.05) is 0 Å². The summed E-state index contributed by atoms with van der Waals surface area (Å²) in [5.41, 5.74) is 0. The lowest BCUT2D eigenvalue weighted by Crippen LogP contribution is -1.92.